The van der Waals surface area contributed by atoms with Gasteiger partial charge >= 0.3 is 5.97 Å². The van der Waals surface area contributed by atoms with Gasteiger partial charge in [-0.15, -0.1) is 0 Å². The Hall–Kier alpha value is -1.31. The maximum absolute atomic E-state index is 12.3. The average molecular weight is 347 g/mol. The molecule has 2 nitrogen and oxygen atoms in total. The molecule has 0 saturated heterocycles. The lowest BCUT2D eigenvalue weighted by atomic mass is 9.81. The molecule has 0 aliphatic carbocycles. The van der Waals surface area contributed by atoms with Crippen LogP contribution in [-0.2, 0) is 22.4 Å². The van der Waals surface area contributed by atoms with E-state index in [1.807, 2.05) is 13.8 Å². The van der Waals surface area contributed by atoms with E-state index in [1.165, 1.54) is 49.7 Å². The fraction of sp³-hybridized carbons (Fsp3) is 0.696. The molecule has 0 N–H and O–H groups in total. The van der Waals surface area contributed by atoms with Gasteiger partial charge in [0.15, 0.2) is 0 Å². The smallest absolute Gasteiger partial charge is 0.311 e. The Balaban J connectivity index is 2.56. The molecule has 0 spiro atoms. The monoisotopic (exact) mass is 346 g/mol. The van der Waals surface area contributed by atoms with Crippen molar-refractivity contribution >= 4 is 5.97 Å². The summed E-state index contributed by atoms with van der Waals surface area (Å²) in [5, 5.41) is 0. The zero-order valence-electron chi connectivity index (χ0n) is 16.9. The van der Waals surface area contributed by atoms with Crippen molar-refractivity contribution in [2.24, 2.45) is 5.41 Å². The number of carbonyl (C=O) groups is 1. The van der Waals surface area contributed by atoms with Crippen LogP contribution in [0.3, 0.4) is 0 Å². The second kappa shape index (κ2) is 12.1. The Bertz CT molecular complexity index is 495. The number of unbranched alkanes of at least 4 members (excludes halogenated alkanes) is 5. The van der Waals surface area contributed by atoms with E-state index in [4.69, 9.17) is 4.74 Å². The number of hydrogen-bond acceptors (Lipinski definition) is 2. The minimum atomic E-state index is -0.372. The van der Waals surface area contributed by atoms with Crippen molar-refractivity contribution in [3.63, 3.8) is 0 Å². The van der Waals surface area contributed by atoms with Crippen LogP contribution in [0.25, 0.3) is 0 Å². The average Bonchev–Trinajstić information content (AvgIpc) is 2.63. The van der Waals surface area contributed by atoms with Crippen molar-refractivity contribution in [2.75, 3.05) is 6.61 Å². The molecule has 1 aromatic carbocycles. The molecule has 1 rings (SSSR count). The van der Waals surface area contributed by atoms with Gasteiger partial charge in [0, 0.05) is 0 Å². The first-order valence-electron chi connectivity index (χ1n) is 10.3. The first kappa shape index (κ1) is 21.7. The van der Waals surface area contributed by atoms with Crippen molar-refractivity contribution in [3.8, 4) is 0 Å². The van der Waals surface area contributed by atoms with Crippen molar-refractivity contribution < 1.29 is 9.53 Å². The second-order valence-corrected chi connectivity index (χ2v) is 7.42. The van der Waals surface area contributed by atoms with Crippen molar-refractivity contribution in [3.05, 3.63) is 35.4 Å². The van der Waals surface area contributed by atoms with Gasteiger partial charge < -0.3 is 4.74 Å². The number of rotatable bonds is 13. The summed E-state index contributed by atoms with van der Waals surface area (Å²) in [5.74, 6) is -0.0501. The summed E-state index contributed by atoms with van der Waals surface area (Å²) in [6.45, 7) is 8.73. The summed E-state index contributed by atoms with van der Waals surface area (Å²) in [6.07, 6.45) is 11.8. The highest BCUT2D eigenvalue weighted by Crippen LogP contribution is 2.30. The van der Waals surface area contributed by atoms with Gasteiger partial charge in [-0.1, -0.05) is 70.2 Å². The number of benzene rings is 1. The van der Waals surface area contributed by atoms with Gasteiger partial charge in [-0.25, -0.2) is 0 Å². The molecule has 0 heterocycles. The Kier molecular flexibility index (Phi) is 10.5. The van der Waals surface area contributed by atoms with Gasteiger partial charge in [0.05, 0.1) is 12.0 Å². The van der Waals surface area contributed by atoms with Crippen LogP contribution < -0.4 is 0 Å². The third-order valence-electron chi connectivity index (χ3n) is 5.41. The van der Waals surface area contributed by atoms with Gasteiger partial charge in [0.1, 0.15) is 0 Å². The molecule has 0 radical (unpaired) electrons. The molecule has 0 amide bonds. The third-order valence-corrected chi connectivity index (χ3v) is 5.41. The van der Waals surface area contributed by atoms with Crippen LogP contribution in [-0.4, -0.2) is 12.6 Å². The molecular formula is C23H38O2. The molecule has 1 atom stereocenters. The lowest BCUT2D eigenvalue weighted by Crippen LogP contribution is -2.30. The number of hydrogen-bond donors (Lipinski definition) is 0. The van der Waals surface area contributed by atoms with Crippen LogP contribution in [0.15, 0.2) is 24.3 Å². The highest BCUT2D eigenvalue weighted by molar-refractivity contribution is 5.76. The summed E-state index contributed by atoms with van der Waals surface area (Å²) < 4.78 is 5.29. The van der Waals surface area contributed by atoms with Crippen LogP contribution in [0.2, 0.25) is 0 Å². The molecule has 0 fully saturated rings. The number of esters is 1. The topological polar surface area (TPSA) is 26.3 Å². The summed E-state index contributed by atoms with van der Waals surface area (Å²) >= 11 is 0. The highest BCUT2D eigenvalue weighted by Gasteiger charge is 2.32. The quantitative estimate of drug-likeness (QED) is 0.301. The van der Waals surface area contributed by atoms with Gasteiger partial charge in [-0.3, -0.25) is 4.79 Å². The predicted octanol–water partition coefficient (Wildman–Crippen LogP) is 6.50. The minimum absolute atomic E-state index is 0.0501. The third kappa shape index (κ3) is 7.63. The maximum Gasteiger partial charge on any atom is 0.311 e. The molecule has 142 valence electrons. The van der Waals surface area contributed by atoms with E-state index >= 15 is 0 Å². The molecule has 0 saturated carbocycles. The van der Waals surface area contributed by atoms with E-state index in [1.54, 1.807) is 0 Å². The van der Waals surface area contributed by atoms with Crippen LogP contribution in [0.5, 0.6) is 0 Å². The summed E-state index contributed by atoms with van der Waals surface area (Å²) in [6, 6.07) is 8.75. The van der Waals surface area contributed by atoms with Crippen LogP contribution in [0.4, 0.5) is 0 Å². The number of aryl methyl sites for hydroxylation is 2. The molecule has 1 aromatic rings. The SMILES string of the molecule is CCCCCCCCc1ccccc1CCC(C)(CC)C(=O)OCC. The standard InChI is InChI=1S/C23H38O2/c1-5-8-9-10-11-12-15-20-16-13-14-17-21(20)18-19-23(4,6-2)22(24)25-7-3/h13-14,16-17H,5-12,15,18-19H2,1-4H3. The summed E-state index contributed by atoms with van der Waals surface area (Å²) in [5.41, 5.74) is 2.49. The van der Waals surface area contributed by atoms with Crippen molar-refractivity contribution in [1.82, 2.24) is 0 Å². The molecule has 0 aromatic heterocycles. The molecular weight excluding hydrogens is 308 g/mol. The zero-order chi connectivity index (χ0) is 18.5. The Morgan fingerprint density at radius 1 is 0.920 bits per heavy atom. The number of carbonyl (C=O) groups excluding carboxylic acids is 1. The fourth-order valence-electron chi connectivity index (χ4n) is 3.28. The normalized spacial score (nSPS) is 13.4. The van der Waals surface area contributed by atoms with E-state index in [2.05, 4.69) is 38.1 Å². The van der Waals surface area contributed by atoms with E-state index in [9.17, 15) is 4.79 Å². The maximum atomic E-state index is 12.3. The van der Waals surface area contributed by atoms with E-state index in [-0.39, 0.29) is 11.4 Å². The molecule has 0 aliphatic heterocycles. The largest absolute Gasteiger partial charge is 0.466 e. The van der Waals surface area contributed by atoms with Crippen LogP contribution in [0, 0.1) is 5.41 Å². The Morgan fingerprint density at radius 3 is 2.12 bits per heavy atom. The molecule has 0 bridgehead atoms. The Labute approximate surface area is 155 Å². The summed E-state index contributed by atoms with van der Waals surface area (Å²) in [7, 11) is 0. The van der Waals surface area contributed by atoms with Gasteiger partial charge in [-0.2, -0.15) is 0 Å². The zero-order valence-corrected chi connectivity index (χ0v) is 16.9. The molecule has 0 aliphatic rings. The first-order chi connectivity index (χ1) is 12.1. The van der Waals surface area contributed by atoms with Crippen LogP contribution in [0.1, 0.15) is 90.2 Å². The van der Waals surface area contributed by atoms with Crippen LogP contribution >= 0.6 is 0 Å². The van der Waals surface area contributed by atoms with Crippen molar-refractivity contribution in [1.29, 1.82) is 0 Å². The number of ether oxygens (including phenoxy) is 1. The lowest BCUT2D eigenvalue weighted by molar-refractivity contribution is -0.155. The van der Waals surface area contributed by atoms with Gasteiger partial charge in [-0.05, 0) is 57.1 Å². The summed E-state index contributed by atoms with van der Waals surface area (Å²) in [4.78, 5) is 12.3. The molecule has 25 heavy (non-hydrogen) atoms. The predicted molar refractivity (Wildman–Crippen MR) is 107 cm³/mol. The minimum Gasteiger partial charge on any atom is -0.466 e. The fourth-order valence-corrected chi connectivity index (χ4v) is 3.28. The van der Waals surface area contributed by atoms with Crippen molar-refractivity contribution in [2.45, 2.75) is 91.9 Å². The lowest BCUT2D eigenvalue weighted by Gasteiger charge is -2.26. The first-order valence-corrected chi connectivity index (χ1v) is 10.3. The van der Waals surface area contributed by atoms with Gasteiger partial charge in [0.2, 0.25) is 0 Å². The highest BCUT2D eigenvalue weighted by atomic mass is 16.5. The Morgan fingerprint density at radius 2 is 1.52 bits per heavy atom. The van der Waals surface area contributed by atoms with E-state index in [0.29, 0.717) is 6.61 Å². The van der Waals surface area contributed by atoms with E-state index < -0.39 is 0 Å². The van der Waals surface area contributed by atoms with Gasteiger partial charge in [0.25, 0.3) is 0 Å². The second-order valence-electron chi connectivity index (χ2n) is 7.42. The van der Waals surface area contributed by atoms with E-state index in [0.717, 1.165) is 25.7 Å². The molecule has 2 heteroatoms. The molecule has 1 unspecified atom stereocenters.